The van der Waals surface area contributed by atoms with Crippen LogP contribution in [0.25, 0.3) is 0 Å². The SMILES string of the molecule is CCc1ccc(OCC(=O)N(Cc2cccc(Cl)c2)C(Cc2ccccc2)C(=O)NC2CCCCC2)c(Br)c1. The number of carbonyl (C=O) groups is 2. The Morgan fingerprint density at radius 3 is 2.41 bits per heavy atom. The van der Waals surface area contributed by atoms with Crippen LogP contribution >= 0.6 is 27.5 Å². The molecule has 206 valence electrons. The summed E-state index contributed by atoms with van der Waals surface area (Å²) in [4.78, 5) is 29.3. The maximum Gasteiger partial charge on any atom is 0.261 e. The van der Waals surface area contributed by atoms with Crippen LogP contribution in [0.5, 0.6) is 5.75 Å². The van der Waals surface area contributed by atoms with Crippen LogP contribution in [0.15, 0.2) is 77.3 Å². The third kappa shape index (κ3) is 8.58. The molecular weight excluding hydrogens is 576 g/mol. The second kappa shape index (κ2) is 14.5. The molecule has 0 saturated heterocycles. The monoisotopic (exact) mass is 610 g/mol. The van der Waals surface area contributed by atoms with Gasteiger partial charge in [-0.05, 0) is 76.1 Å². The van der Waals surface area contributed by atoms with Gasteiger partial charge in [-0.1, -0.05) is 86.3 Å². The molecule has 0 aromatic heterocycles. The molecular formula is C32H36BrClN2O3. The lowest BCUT2D eigenvalue weighted by Gasteiger charge is -2.33. The number of rotatable bonds is 11. The first-order valence-corrected chi connectivity index (χ1v) is 14.9. The summed E-state index contributed by atoms with van der Waals surface area (Å²) in [6.45, 7) is 2.14. The van der Waals surface area contributed by atoms with Gasteiger partial charge in [0.05, 0.1) is 4.47 Å². The van der Waals surface area contributed by atoms with Crippen LogP contribution in [-0.4, -0.2) is 35.4 Å². The van der Waals surface area contributed by atoms with E-state index in [-0.39, 0.29) is 31.0 Å². The zero-order valence-corrected chi connectivity index (χ0v) is 24.7. The van der Waals surface area contributed by atoms with Crippen LogP contribution in [0.2, 0.25) is 5.02 Å². The first kappa shape index (κ1) is 29.2. The van der Waals surface area contributed by atoms with Crippen molar-refractivity contribution in [2.75, 3.05) is 6.61 Å². The minimum Gasteiger partial charge on any atom is -0.483 e. The van der Waals surface area contributed by atoms with E-state index in [1.807, 2.05) is 66.7 Å². The molecule has 1 aliphatic carbocycles. The van der Waals surface area contributed by atoms with Crippen molar-refractivity contribution in [2.45, 2.75) is 70.5 Å². The summed E-state index contributed by atoms with van der Waals surface area (Å²) in [5.74, 6) is 0.199. The molecule has 7 heteroatoms. The van der Waals surface area contributed by atoms with Crippen molar-refractivity contribution in [3.63, 3.8) is 0 Å². The molecule has 5 nitrogen and oxygen atoms in total. The van der Waals surface area contributed by atoms with Crippen LogP contribution in [0.3, 0.4) is 0 Å². The van der Waals surface area contributed by atoms with E-state index in [4.69, 9.17) is 16.3 Å². The maximum atomic E-state index is 13.8. The topological polar surface area (TPSA) is 58.6 Å². The summed E-state index contributed by atoms with van der Waals surface area (Å²) >= 11 is 9.84. The second-order valence-corrected chi connectivity index (χ2v) is 11.4. The molecule has 1 N–H and O–H groups in total. The van der Waals surface area contributed by atoms with Gasteiger partial charge in [-0.25, -0.2) is 0 Å². The predicted octanol–water partition coefficient (Wildman–Crippen LogP) is 7.13. The van der Waals surface area contributed by atoms with Crippen molar-refractivity contribution in [2.24, 2.45) is 0 Å². The molecule has 1 saturated carbocycles. The number of carbonyl (C=O) groups excluding carboxylic acids is 2. The van der Waals surface area contributed by atoms with Gasteiger partial charge in [0.2, 0.25) is 5.91 Å². The van der Waals surface area contributed by atoms with E-state index in [1.165, 1.54) is 12.0 Å². The first-order chi connectivity index (χ1) is 18.9. The zero-order valence-electron chi connectivity index (χ0n) is 22.4. The van der Waals surface area contributed by atoms with E-state index in [0.717, 1.165) is 47.7 Å². The average molecular weight is 612 g/mol. The fraction of sp³-hybridized carbons (Fsp3) is 0.375. The molecule has 4 rings (SSSR count). The number of aryl methyl sites for hydroxylation is 1. The Hall–Kier alpha value is -2.83. The van der Waals surface area contributed by atoms with Crippen LogP contribution in [0.1, 0.15) is 55.7 Å². The number of halogens is 2. The number of nitrogens with zero attached hydrogens (tertiary/aromatic N) is 1. The maximum absolute atomic E-state index is 13.8. The fourth-order valence-corrected chi connectivity index (χ4v) is 5.79. The lowest BCUT2D eigenvalue weighted by molar-refractivity contribution is -0.143. The van der Waals surface area contributed by atoms with Gasteiger partial charge in [-0.3, -0.25) is 9.59 Å². The number of benzene rings is 3. The molecule has 1 unspecified atom stereocenters. The van der Waals surface area contributed by atoms with E-state index in [2.05, 4.69) is 28.2 Å². The second-order valence-electron chi connectivity index (χ2n) is 10.1. The van der Waals surface area contributed by atoms with Gasteiger partial charge in [0, 0.05) is 24.0 Å². The Balaban J connectivity index is 1.61. The van der Waals surface area contributed by atoms with Crippen LogP contribution in [0.4, 0.5) is 0 Å². The molecule has 1 aliphatic rings. The molecule has 1 fully saturated rings. The predicted molar refractivity (Wildman–Crippen MR) is 160 cm³/mol. The van der Waals surface area contributed by atoms with Crippen molar-refractivity contribution in [3.8, 4) is 5.75 Å². The Morgan fingerprint density at radius 1 is 0.974 bits per heavy atom. The number of amides is 2. The smallest absolute Gasteiger partial charge is 0.261 e. The number of hydrogen-bond donors (Lipinski definition) is 1. The van der Waals surface area contributed by atoms with E-state index >= 15 is 0 Å². The van der Waals surface area contributed by atoms with E-state index in [1.54, 1.807) is 11.0 Å². The average Bonchev–Trinajstić information content (AvgIpc) is 2.95. The van der Waals surface area contributed by atoms with Crippen LogP contribution in [-0.2, 0) is 29.0 Å². The summed E-state index contributed by atoms with van der Waals surface area (Å²) in [6.07, 6.45) is 6.67. The van der Waals surface area contributed by atoms with Gasteiger partial charge in [0.25, 0.3) is 5.91 Å². The van der Waals surface area contributed by atoms with Crippen molar-refractivity contribution in [1.29, 1.82) is 0 Å². The quantitative estimate of drug-likeness (QED) is 0.251. The van der Waals surface area contributed by atoms with Gasteiger partial charge in [-0.15, -0.1) is 0 Å². The van der Waals surface area contributed by atoms with Crippen LogP contribution < -0.4 is 10.1 Å². The van der Waals surface area contributed by atoms with E-state index in [9.17, 15) is 9.59 Å². The van der Waals surface area contributed by atoms with Crippen molar-refractivity contribution in [3.05, 3.63) is 99.0 Å². The molecule has 0 heterocycles. The van der Waals surface area contributed by atoms with Crippen molar-refractivity contribution < 1.29 is 14.3 Å². The third-order valence-electron chi connectivity index (χ3n) is 7.22. The summed E-state index contributed by atoms with van der Waals surface area (Å²) in [5, 5.41) is 3.85. The highest BCUT2D eigenvalue weighted by Gasteiger charge is 2.32. The number of ether oxygens (including phenoxy) is 1. The molecule has 1 atom stereocenters. The third-order valence-corrected chi connectivity index (χ3v) is 8.08. The van der Waals surface area contributed by atoms with E-state index in [0.29, 0.717) is 17.2 Å². The fourth-order valence-electron chi connectivity index (χ4n) is 5.03. The standard InChI is InChI=1S/C32H36BrClN2O3/c1-2-23-16-17-30(28(33)19-23)39-22-31(37)36(21-25-12-9-13-26(34)18-25)29(20-24-10-5-3-6-11-24)32(38)35-27-14-7-4-8-15-27/h3,5-6,9-13,16-19,27,29H,2,4,7-8,14-15,20-22H2,1H3,(H,35,38). The molecule has 2 amide bonds. The summed E-state index contributed by atoms with van der Waals surface area (Å²) in [6, 6.07) is 22.6. The Kier molecular flexibility index (Phi) is 10.9. The van der Waals surface area contributed by atoms with Crippen molar-refractivity contribution in [1.82, 2.24) is 10.2 Å². The first-order valence-electron chi connectivity index (χ1n) is 13.7. The lowest BCUT2D eigenvalue weighted by Crippen LogP contribution is -2.53. The van der Waals surface area contributed by atoms with Gasteiger partial charge in [0.1, 0.15) is 11.8 Å². The molecule has 3 aromatic carbocycles. The number of hydrogen-bond acceptors (Lipinski definition) is 3. The van der Waals surface area contributed by atoms with Gasteiger partial charge in [0.15, 0.2) is 6.61 Å². The number of nitrogens with one attached hydrogen (secondary N) is 1. The van der Waals surface area contributed by atoms with Gasteiger partial charge < -0.3 is 15.0 Å². The highest BCUT2D eigenvalue weighted by atomic mass is 79.9. The Labute approximate surface area is 245 Å². The van der Waals surface area contributed by atoms with Crippen LogP contribution in [0, 0.1) is 0 Å². The highest BCUT2D eigenvalue weighted by molar-refractivity contribution is 9.10. The van der Waals surface area contributed by atoms with Gasteiger partial charge in [-0.2, -0.15) is 0 Å². The Bertz CT molecular complexity index is 1250. The normalized spacial score (nSPS) is 14.4. The molecule has 39 heavy (non-hydrogen) atoms. The largest absolute Gasteiger partial charge is 0.483 e. The minimum atomic E-state index is -0.699. The molecule has 0 bridgehead atoms. The summed E-state index contributed by atoms with van der Waals surface area (Å²) < 4.78 is 6.77. The summed E-state index contributed by atoms with van der Waals surface area (Å²) in [5.41, 5.74) is 3.02. The molecule has 0 aliphatic heterocycles. The lowest BCUT2D eigenvalue weighted by atomic mass is 9.94. The highest BCUT2D eigenvalue weighted by Crippen LogP contribution is 2.27. The zero-order chi connectivity index (χ0) is 27.6. The van der Waals surface area contributed by atoms with Gasteiger partial charge >= 0.3 is 0 Å². The molecule has 0 spiro atoms. The molecule has 3 aromatic rings. The summed E-state index contributed by atoms with van der Waals surface area (Å²) in [7, 11) is 0. The van der Waals surface area contributed by atoms with Crippen molar-refractivity contribution >= 4 is 39.3 Å². The minimum absolute atomic E-state index is 0.130. The van der Waals surface area contributed by atoms with E-state index < -0.39 is 6.04 Å². The Morgan fingerprint density at radius 2 is 1.72 bits per heavy atom. The molecule has 0 radical (unpaired) electrons.